The van der Waals surface area contributed by atoms with E-state index in [2.05, 4.69) is 15.1 Å². The average Bonchev–Trinajstić information content (AvgIpc) is 3.03. The standard InChI is InChI=1S/C17H24N4O4S/c1-20-16(12-10-13(23-2)15(22)14(11-12)24-3)18-19-17(20)26-9-6-21-4-7-25-8-5-21/h10-11,22H,4-9H2,1-3H3. The minimum Gasteiger partial charge on any atom is -0.502 e. The van der Waals surface area contributed by atoms with Crippen LogP contribution >= 0.6 is 11.8 Å². The summed E-state index contributed by atoms with van der Waals surface area (Å²) in [6.07, 6.45) is 0. The number of morpholine rings is 1. The van der Waals surface area contributed by atoms with Crippen LogP contribution in [0.15, 0.2) is 17.3 Å². The summed E-state index contributed by atoms with van der Waals surface area (Å²) in [5, 5.41) is 19.5. The zero-order chi connectivity index (χ0) is 18.5. The SMILES string of the molecule is COc1cc(-c2nnc(SCCN3CCOCC3)n2C)cc(OC)c1O. The summed E-state index contributed by atoms with van der Waals surface area (Å²) < 4.78 is 17.7. The second-order valence-electron chi connectivity index (χ2n) is 5.90. The Morgan fingerprint density at radius 2 is 1.81 bits per heavy atom. The van der Waals surface area contributed by atoms with Crippen molar-refractivity contribution < 1.29 is 19.3 Å². The third kappa shape index (κ3) is 4.05. The molecular formula is C17H24N4O4S. The largest absolute Gasteiger partial charge is 0.502 e. The van der Waals surface area contributed by atoms with Crippen molar-refractivity contribution in [2.24, 2.45) is 7.05 Å². The van der Waals surface area contributed by atoms with Crippen molar-refractivity contribution in [1.82, 2.24) is 19.7 Å². The quantitative estimate of drug-likeness (QED) is 0.726. The smallest absolute Gasteiger partial charge is 0.200 e. The molecule has 1 saturated heterocycles. The van der Waals surface area contributed by atoms with Crippen LogP contribution in [0.5, 0.6) is 17.2 Å². The van der Waals surface area contributed by atoms with Gasteiger partial charge in [-0.3, -0.25) is 4.90 Å². The third-order valence-electron chi connectivity index (χ3n) is 4.32. The second-order valence-corrected chi connectivity index (χ2v) is 6.96. The van der Waals surface area contributed by atoms with Crippen LogP contribution in [0, 0.1) is 0 Å². The van der Waals surface area contributed by atoms with Gasteiger partial charge in [-0.15, -0.1) is 10.2 Å². The second kappa shape index (κ2) is 8.61. The zero-order valence-electron chi connectivity index (χ0n) is 15.3. The fourth-order valence-electron chi connectivity index (χ4n) is 2.81. The molecule has 1 aromatic carbocycles. The Labute approximate surface area is 157 Å². The molecule has 9 heteroatoms. The first-order valence-electron chi connectivity index (χ1n) is 8.41. The van der Waals surface area contributed by atoms with E-state index in [1.54, 1.807) is 23.9 Å². The van der Waals surface area contributed by atoms with E-state index in [0.717, 1.165) is 49.3 Å². The highest BCUT2D eigenvalue weighted by Gasteiger charge is 2.17. The van der Waals surface area contributed by atoms with Crippen LogP contribution in [0.1, 0.15) is 0 Å². The Kier molecular flexibility index (Phi) is 6.23. The monoisotopic (exact) mass is 380 g/mol. The highest BCUT2D eigenvalue weighted by Crippen LogP contribution is 2.40. The number of thioether (sulfide) groups is 1. The Bertz CT molecular complexity index is 721. The number of rotatable bonds is 7. The molecular weight excluding hydrogens is 356 g/mol. The van der Waals surface area contributed by atoms with Crippen molar-refractivity contribution >= 4 is 11.8 Å². The van der Waals surface area contributed by atoms with Crippen molar-refractivity contribution in [3.8, 4) is 28.6 Å². The molecule has 0 atom stereocenters. The maximum absolute atomic E-state index is 10.1. The van der Waals surface area contributed by atoms with Gasteiger partial charge in [-0.25, -0.2) is 0 Å². The van der Waals surface area contributed by atoms with Gasteiger partial charge in [0.15, 0.2) is 22.5 Å². The maximum Gasteiger partial charge on any atom is 0.200 e. The fourth-order valence-corrected chi connectivity index (χ4v) is 3.72. The Morgan fingerprint density at radius 3 is 2.42 bits per heavy atom. The number of nitrogens with zero attached hydrogens (tertiary/aromatic N) is 4. The van der Waals surface area contributed by atoms with Gasteiger partial charge in [0.2, 0.25) is 5.75 Å². The maximum atomic E-state index is 10.1. The van der Waals surface area contributed by atoms with Crippen molar-refractivity contribution in [3.05, 3.63) is 12.1 Å². The van der Waals surface area contributed by atoms with Gasteiger partial charge < -0.3 is 23.9 Å². The van der Waals surface area contributed by atoms with E-state index < -0.39 is 0 Å². The molecule has 1 aromatic heterocycles. The first-order chi connectivity index (χ1) is 12.6. The van der Waals surface area contributed by atoms with E-state index in [1.165, 1.54) is 14.2 Å². The van der Waals surface area contributed by atoms with E-state index >= 15 is 0 Å². The molecule has 0 bridgehead atoms. The molecule has 0 amide bonds. The molecule has 26 heavy (non-hydrogen) atoms. The molecule has 0 radical (unpaired) electrons. The normalized spacial score (nSPS) is 15.2. The van der Waals surface area contributed by atoms with Crippen LogP contribution in [0.4, 0.5) is 0 Å². The molecule has 1 aliphatic heterocycles. The summed E-state index contributed by atoms with van der Waals surface area (Å²) in [7, 11) is 4.93. The molecule has 0 spiro atoms. The number of phenols is 1. The average molecular weight is 380 g/mol. The van der Waals surface area contributed by atoms with Crippen LogP contribution in [0.25, 0.3) is 11.4 Å². The minimum atomic E-state index is -0.0268. The first-order valence-corrected chi connectivity index (χ1v) is 9.40. The molecule has 142 valence electrons. The van der Waals surface area contributed by atoms with Crippen molar-refractivity contribution in [2.45, 2.75) is 5.16 Å². The Hall–Kier alpha value is -1.97. The molecule has 8 nitrogen and oxygen atoms in total. The van der Waals surface area contributed by atoms with E-state index in [0.29, 0.717) is 17.3 Å². The molecule has 3 rings (SSSR count). The summed E-state index contributed by atoms with van der Waals surface area (Å²) in [6, 6.07) is 3.45. The topological polar surface area (TPSA) is 81.9 Å². The van der Waals surface area contributed by atoms with Gasteiger partial charge in [-0.2, -0.15) is 0 Å². The lowest BCUT2D eigenvalue weighted by Crippen LogP contribution is -2.37. The minimum absolute atomic E-state index is 0.0268. The van der Waals surface area contributed by atoms with E-state index in [-0.39, 0.29) is 5.75 Å². The van der Waals surface area contributed by atoms with Gasteiger partial charge in [0.05, 0.1) is 27.4 Å². The third-order valence-corrected chi connectivity index (χ3v) is 5.32. The summed E-state index contributed by atoms with van der Waals surface area (Å²) in [6.45, 7) is 4.58. The number of aromatic hydroxyl groups is 1. The van der Waals surface area contributed by atoms with Gasteiger partial charge in [0.25, 0.3) is 0 Å². The van der Waals surface area contributed by atoms with Crippen LogP contribution < -0.4 is 9.47 Å². The number of aromatic nitrogens is 3. The van der Waals surface area contributed by atoms with Crippen LogP contribution in [-0.4, -0.2) is 77.6 Å². The molecule has 1 fully saturated rings. The Balaban J connectivity index is 1.72. The molecule has 2 heterocycles. The van der Waals surface area contributed by atoms with Crippen molar-refractivity contribution in [2.75, 3.05) is 52.8 Å². The number of benzene rings is 1. The summed E-state index contributed by atoms with van der Waals surface area (Å²) in [5.41, 5.74) is 0.770. The predicted octanol–water partition coefficient (Wildman–Crippen LogP) is 1.63. The van der Waals surface area contributed by atoms with Gasteiger partial charge in [0, 0.05) is 38.0 Å². The van der Waals surface area contributed by atoms with E-state index in [4.69, 9.17) is 14.2 Å². The lowest BCUT2D eigenvalue weighted by atomic mass is 10.1. The van der Waals surface area contributed by atoms with Crippen molar-refractivity contribution in [3.63, 3.8) is 0 Å². The van der Waals surface area contributed by atoms with Gasteiger partial charge >= 0.3 is 0 Å². The summed E-state index contributed by atoms with van der Waals surface area (Å²) in [5.74, 6) is 2.28. The molecule has 1 N–H and O–H groups in total. The molecule has 0 aliphatic carbocycles. The fraction of sp³-hybridized carbons (Fsp3) is 0.529. The summed E-state index contributed by atoms with van der Waals surface area (Å²) >= 11 is 1.67. The summed E-state index contributed by atoms with van der Waals surface area (Å²) in [4.78, 5) is 2.39. The zero-order valence-corrected chi connectivity index (χ0v) is 16.1. The first kappa shape index (κ1) is 18.8. The number of hydrogen-bond acceptors (Lipinski definition) is 8. The van der Waals surface area contributed by atoms with Gasteiger partial charge in [-0.1, -0.05) is 11.8 Å². The van der Waals surface area contributed by atoms with Crippen LogP contribution in [0.2, 0.25) is 0 Å². The predicted molar refractivity (Wildman–Crippen MR) is 99.2 cm³/mol. The Morgan fingerprint density at radius 1 is 1.15 bits per heavy atom. The van der Waals surface area contributed by atoms with Gasteiger partial charge in [-0.05, 0) is 12.1 Å². The molecule has 0 saturated carbocycles. The van der Waals surface area contributed by atoms with Crippen LogP contribution in [-0.2, 0) is 11.8 Å². The lowest BCUT2D eigenvalue weighted by molar-refractivity contribution is 0.0410. The lowest BCUT2D eigenvalue weighted by Gasteiger charge is -2.26. The number of phenolic OH excluding ortho intramolecular Hbond substituents is 1. The molecule has 1 aliphatic rings. The van der Waals surface area contributed by atoms with Crippen molar-refractivity contribution in [1.29, 1.82) is 0 Å². The van der Waals surface area contributed by atoms with Crippen LogP contribution in [0.3, 0.4) is 0 Å². The van der Waals surface area contributed by atoms with E-state index in [1.807, 2.05) is 11.6 Å². The molecule has 0 unspecified atom stereocenters. The number of ether oxygens (including phenoxy) is 3. The number of methoxy groups -OCH3 is 2. The van der Waals surface area contributed by atoms with Gasteiger partial charge in [0.1, 0.15) is 0 Å². The molecule has 2 aromatic rings. The van der Waals surface area contributed by atoms with E-state index in [9.17, 15) is 5.11 Å². The number of hydrogen-bond donors (Lipinski definition) is 1. The highest BCUT2D eigenvalue weighted by molar-refractivity contribution is 7.99. The highest BCUT2D eigenvalue weighted by atomic mass is 32.2.